The van der Waals surface area contributed by atoms with Crippen LogP contribution in [0.15, 0.2) is 0 Å². The average molecular weight is 284 g/mol. The third-order valence-corrected chi connectivity index (χ3v) is 4.78. The van der Waals surface area contributed by atoms with Crippen LogP contribution in [0, 0.1) is 10.8 Å². The zero-order chi connectivity index (χ0) is 15.9. The van der Waals surface area contributed by atoms with Crippen LogP contribution < -0.4 is 0 Å². The number of ketones is 2. The number of carbonyl (C=O) groups is 2. The molecular weight excluding hydrogens is 260 g/mol. The molecule has 0 bridgehead atoms. The Labute approximate surface area is 119 Å². The van der Waals surface area contributed by atoms with Crippen molar-refractivity contribution in [3.8, 4) is 0 Å². The van der Waals surface area contributed by atoms with Crippen molar-refractivity contribution in [3.05, 3.63) is 0 Å². The summed E-state index contributed by atoms with van der Waals surface area (Å²) in [5.74, 6) is -1.50. The number of aliphatic hydroxyl groups is 2. The second-order valence-corrected chi connectivity index (χ2v) is 8.25. The Balaban J connectivity index is 2.69. The van der Waals surface area contributed by atoms with Crippen LogP contribution in [-0.4, -0.2) is 44.7 Å². The third kappa shape index (κ3) is 1.43. The topological polar surface area (TPSA) is 87.1 Å². The van der Waals surface area contributed by atoms with E-state index in [4.69, 9.17) is 4.74 Å². The van der Waals surface area contributed by atoms with Gasteiger partial charge in [-0.05, 0) is 6.92 Å². The SMILES string of the molecule is CC1(O)C(=O)C(O)(C(C)(C)C)C(=O)C2(C(C)(C)C)OC12. The van der Waals surface area contributed by atoms with E-state index in [1.54, 1.807) is 41.5 Å². The van der Waals surface area contributed by atoms with E-state index < -0.39 is 45.3 Å². The van der Waals surface area contributed by atoms with Crippen LogP contribution in [0.3, 0.4) is 0 Å². The highest BCUT2D eigenvalue weighted by Gasteiger charge is 2.85. The second kappa shape index (κ2) is 3.51. The van der Waals surface area contributed by atoms with Gasteiger partial charge in [0.2, 0.25) is 11.6 Å². The molecule has 5 nitrogen and oxygen atoms in total. The van der Waals surface area contributed by atoms with Gasteiger partial charge in [0.25, 0.3) is 0 Å². The van der Waals surface area contributed by atoms with Gasteiger partial charge < -0.3 is 14.9 Å². The smallest absolute Gasteiger partial charge is 0.207 e. The number of hydrogen-bond donors (Lipinski definition) is 2. The van der Waals surface area contributed by atoms with Gasteiger partial charge in [0.1, 0.15) is 6.10 Å². The number of rotatable bonds is 0. The highest BCUT2D eigenvalue weighted by molar-refractivity contribution is 6.22. The van der Waals surface area contributed by atoms with Gasteiger partial charge in [-0.3, -0.25) is 9.59 Å². The predicted octanol–water partition coefficient (Wildman–Crippen LogP) is 0.850. The van der Waals surface area contributed by atoms with Gasteiger partial charge in [-0.15, -0.1) is 0 Å². The van der Waals surface area contributed by atoms with Crippen LogP contribution in [0.5, 0.6) is 0 Å². The molecule has 2 rings (SSSR count). The van der Waals surface area contributed by atoms with Crippen molar-refractivity contribution in [2.24, 2.45) is 10.8 Å². The molecule has 20 heavy (non-hydrogen) atoms. The average Bonchev–Trinajstić information content (AvgIpc) is 2.99. The normalized spacial score (nSPS) is 45.4. The summed E-state index contributed by atoms with van der Waals surface area (Å²) in [6.07, 6.45) is -0.891. The minimum absolute atomic E-state index is 0.626. The van der Waals surface area contributed by atoms with Crippen LogP contribution >= 0.6 is 0 Å². The van der Waals surface area contributed by atoms with E-state index in [2.05, 4.69) is 0 Å². The lowest BCUT2D eigenvalue weighted by Gasteiger charge is -2.47. The molecule has 0 amide bonds. The quantitative estimate of drug-likeness (QED) is 0.508. The first-order valence-corrected chi connectivity index (χ1v) is 6.87. The van der Waals surface area contributed by atoms with E-state index in [1.807, 2.05) is 0 Å². The number of Topliss-reactive ketones (excluding diaryl/α,β-unsaturated/α-hetero) is 2. The van der Waals surface area contributed by atoms with Crippen LogP contribution in [0.2, 0.25) is 0 Å². The Bertz CT molecular complexity index is 493. The first-order chi connectivity index (χ1) is 8.65. The molecule has 1 saturated carbocycles. The molecular formula is C15H24O5. The summed E-state index contributed by atoms with van der Waals surface area (Å²) in [4.78, 5) is 25.4. The largest absolute Gasteiger partial charge is 0.379 e. The van der Waals surface area contributed by atoms with E-state index in [9.17, 15) is 19.8 Å². The predicted molar refractivity (Wildman–Crippen MR) is 72.1 cm³/mol. The number of fused-ring (bicyclic) bond motifs is 1. The Morgan fingerprint density at radius 2 is 1.40 bits per heavy atom. The maximum atomic E-state index is 12.9. The molecule has 1 heterocycles. The maximum absolute atomic E-state index is 12.9. The lowest BCUT2D eigenvalue weighted by Crippen LogP contribution is -2.73. The maximum Gasteiger partial charge on any atom is 0.207 e. The van der Waals surface area contributed by atoms with Crippen molar-refractivity contribution >= 4 is 11.6 Å². The van der Waals surface area contributed by atoms with Gasteiger partial charge in [-0.1, -0.05) is 41.5 Å². The third-order valence-electron chi connectivity index (χ3n) is 4.78. The van der Waals surface area contributed by atoms with Crippen LogP contribution in [0.25, 0.3) is 0 Å². The van der Waals surface area contributed by atoms with Crippen LogP contribution in [-0.2, 0) is 14.3 Å². The Morgan fingerprint density at radius 3 is 1.75 bits per heavy atom. The summed E-state index contributed by atoms with van der Waals surface area (Å²) >= 11 is 0. The molecule has 2 fully saturated rings. The van der Waals surface area contributed by atoms with E-state index in [0.717, 1.165) is 0 Å². The standard InChI is InChI=1S/C15H24O5/c1-11(2,3)14(19)8(16)13(7,18)10-15(20-10,9(14)17)12(4,5)6/h10,18-19H,1-7H3. The number of hydrogen-bond acceptors (Lipinski definition) is 5. The summed E-state index contributed by atoms with van der Waals surface area (Å²) in [5, 5.41) is 21.4. The van der Waals surface area contributed by atoms with Crippen molar-refractivity contribution in [1.82, 2.24) is 0 Å². The molecule has 4 unspecified atom stereocenters. The van der Waals surface area contributed by atoms with Crippen molar-refractivity contribution in [2.45, 2.75) is 71.4 Å². The Morgan fingerprint density at radius 1 is 0.950 bits per heavy atom. The number of ether oxygens (including phenoxy) is 1. The zero-order valence-electron chi connectivity index (χ0n) is 13.2. The lowest BCUT2D eigenvalue weighted by atomic mass is 9.55. The summed E-state index contributed by atoms with van der Waals surface area (Å²) in [6.45, 7) is 11.6. The summed E-state index contributed by atoms with van der Waals surface area (Å²) in [5.41, 5.74) is -7.09. The van der Waals surface area contributed by atoms with E-state index in [-0.39, 0.29) is 0 Å². The van der Waals surface area contributed by atoms with Crippen molar-refractivity contribution < 1.29 is 24.5 Å². The Hall–Kier alpha value is -0.780. The summed E-state index contributed by atoms with van der Waals surface area (Å²) in [6, 6.07) is 0. The van der Waals surface area contributed by atoms with Gasteiger partial charge in [0, 0.05) is 10.8 Å². The fourth-order valence-corrected chi connectivity index (χ4v) is 3.28. The summed E-state index contributed by atoms with van der Waals surface area (Å²) in [7, 11) is 0. The van der Waals surface area contributed by atoms with Crippen molar-refractivity contribution in [3.63, 3.8) is 0 Å². The van der Waals surface area contributed by atoms with Gasteiger partial charge in [0.05, 0.1) is 0 Å². The highest BCUT2D eigenvalue weighted by Crippen LogP contribution is 2.62. The van der Waals surface area contributed by atoms with E-state index in [1.165, 1.54) is 6.92 Å². The minimum Gasteiger partial charge on any atom is -0.379 e. The molecule has 114 valence electrons. The fourth-order valence-electron chi connectivity index (χ4n) is 3.28. The van der Waals surface area contributed by atoms with Gasteiger partial charge in [-0.25, -0.2) is 0 Å². The van der Waals surface area contributed by atoms with Crippen LogP contribution in [0.4, 0.5) is 0 Å². The fraction of sp³-hybridized carbons (Fsp3) is 0.867. The van der Waals surface area contributed by atoms with Crippen LogP contribution in [0.1, 0.15) is 48.5 Å². The molecule has 2 aliphatic rings. The molecule has 0 aromatic rings. The van der Waals surface area contributed by atoms with Crippen molar-refractivity contribution in [1.29, 1.82) is 0 Å². The molecule has 0 aromatic heterocycles. The lowest BCUT2D eigenvalue weighted by molar-refractivity contribution is -0.184. The number of carbonyl (C=O) groups excluding carboxylic acids is 2. The molecule has 5 heteroatoms. The first-order valence-electron chi connectivity index (χ1n) is 6.87. The minimum atomic E-state index is -2.25. The zero-order valence-corrected chi connectivity index (χ0v) is 13.2. The molecule has 2 N–H and O–H groups in total. The monoisotopic (exact) mass is 284 g/mol. The molecule has 1 saturated heterocycles. The van der Waals surface area contributed by atoms with E-state index in [0.29, 0.717) is 0 Å². The molecule has 4 atom stereocenters. The summed E-state index contributed by atoms with van der Waals surface area (Å²) < 4.78 is 5.54. The van der Waals surface area contributed by atoms with Crippen molar-refractivity contribution in [2.75, 3.05) is 0 Å². The van der Waals surface area contributed by atoms with Gasteiger partial charge >= 0.3 is 0 Å². The molecule has 1 aliphatic heterocycles. The molecule has 1 aliphatic carbocycles. The van der Waals surface area contributed by atoms with Gasteiger partial charge in [-0.2, -0.15) is 0 Å². The molecule has 0 radical (unpaired) electrons. The first kappa shape index (κ1) is 15.6. The Kier molecular flexibility index (Phi) is 2.74. The second-order valence-electron chi connectivity index (χ2n) is 8.25. The van der Waals surface area contributed by atoms with E-state index >= 15 is 0 Å². The number of epoxide rings is 1. The molecule has 0 aromatic carbocycles. The van der Waals surface area contributed by atoms with Gasteiger partial charge in [0.15, 0.2) is 16.8 Å². The highest BCUT2D eigenvalue weighted by atomic mass is 16.6. The molecule has 0 spiro atoms.